The van der Waals surface area contributed by atoms with Crippen molar-refractivity contribution >= 4 is 24.0 Å². The Morgan fingerprint density at radius 1 is 1.04 bits per heavy atom. The third-order valence-corrected chi connectivity index (χ3v) is 2.89. The van der Waals surface area contributed by atoms with E-state index < -0.39 is 17.5 Å². The van der Waals surface area contributed by atoms with Crippen molar-refractivity contribution in [1.82, 2.24) is 0 Å². The first kappa shape index (κ1) is 27.1. The summed E-state index contributed by atoms with van der Waals surface area (Å²) >= 11 is 0. The summed E-state index contributed by atoms with van der Waals surface area (Å²) < 4.78 is 9.15. The van der Waals surface area contributed by atoms with Crippen LogP contribution in [0.2, 0.25) is 0 Å². The van der Waals surface area contributed by atoms with Crippen LogP contribution >= 0.6 is 0 Å². The zero-order valence-electron chi connectivity index (χ0n) is 16.9. The Balaban J connectivity index is 0. The number of rotatable bonds is 8. The highest BCUT2D eigenvalue weighted by atomic mass is 16.5. The van der Waals surface area contributed by atoms with Gasteiger partial charge in [0.05, 0.1) is 13.2 Å². The number of carboxylic acid groups (broad SMARTS) is 1. The molecule has 0 fully saturated rings. The lowest BCUT2D eigenvalue weighted by Gasteiger charge is -2.01. The number of hydrogen-bond donors (Lipinski definition) is 1. The zero-order chi connectivity index (χ0) is 21.9. The van der Waals surface area contributed by atoms with Crippen molar-refractivity contribution in [2.24, 2.45) is 0 Å². The van der Waals surface area contributed by atoms with E-state index in [2.05, 4.69) is 31.4 Å². The lowest BCUT2D eigenvalue weighted by Crippen LogP contribution is -2.13. The van der Waals surface area contributed by atoms with Crippen molar-refractivity contribution in [2.45, 2.75) is 33.6 Å². The van der Waals surface area contributed by atoms with E-state index in [9.17, 15) is 14.4 Å². The van der Waals surface area contributed by atoms with Crippen molar-refractivity contribution in [2.75, 3.05) is 13.2 Å². The first-order chi connectivity index (χ1) is 13.2. The summed E-state index contributed by atoms with van der Waals surface area (Å²) in [5.74, 6) is -2.51. The number of carbonyl (C=O) groups excluding carboxylic acids is 2. The standard InChI is InChI=1S/C8H14O2.C8H8.C6H8O4/c1-4-5-6-10-8(9)7(2)3;1-2-8-6-4-3-5-7-8;1-3-10-6(9)4(2)5(7)8/h2,4-6H2,1,3H3;2-7H,1H2;2-3H2,1H3,(H,7,8). The fourth-order valence-electron chi connectivity index (χ4n) is 1.33. The topological polar surface area (TPSA) is 89.9 Å². The number of ether oxygens (including phenoxy) is 2. The molecule has 154 valence electrons. The average molecular weight is 390 g/mol. The molecule has 1 rings (SSSR count). The van der Waals surface area contributed by atoms with Crippen LogP contribution in [0.5, 0.6) is 0 Å². The fraction of sp³-hybridized carbons (Fsp3) is 0.318. The number of aliphatic carboxylic acids is 1. The molecular formula is C22H30O6. The van der Waals surface area contributed by atoms with Gasteiger partial charge in [0.15, 0.2) is 0 Å². The number of hydrogen-bond acceptors (Lipinski definition) is 5. The Morgan fingerprint density at radius 3 is 1.96 bits per heavy atom. The average Bonchev–Trinajstić information content (AvgIpc) is 2.69. The molecule has 1 aromatic rings. The molecule has 0 aromatic heterocycles. The lowest BCUT2D eigenvalue weighted by atomic mass is 10.2. The van der Waals surface area contributed by atoms with Crippen LogP contribution in [-0.4, -0.2) is 36.2 Å². The highest BCUT2D eigenvalue weighted by molar-refractivity contribution is 6.12. The first-order valence-corrected chi connectivity index (χ1v) is 8.80. The van der Waals surface area contributed by atoms with Gasteiger partial charge in [0.2, 0.25) is 0 Å². The monoisotopic (exact) mass is 390 g/mol. The molecule has 0 atom stereocenters. The molecule has 0 spiro atoms. The largest absolute Gasteiger partial charge is 0.477 e. The minimum atomic E-state index is -1.35. The van der Waals surface area contributed by atoms with Gasteiger partial charge in [-0.15, -0.1) is 0 Å². The van der Waals surface area contributed by atoms with Gasteiger partial charge in [-0.05, 0) is 25.8 Å². The Labute approximate surface area is 167 Å². The Kier molecular flexibility index (Phi) is 16.7. The number of carbonyl (C=O) groups is 3. The highest BCUT2D eigenvalue weighted by Crippen LogP contribution is 1.97. The third kappa shape index (κ3) is 15.1. The molecule has 1 N–H and O–H groups in total. The van der Waals surface area contributed by atoms with Gasteiger partial charge >= 0.3 is 17.9 Å². The Bertz CT molecular complexity index is 646. The summed E-state index contributed by atoms with van der Waals surface area (Å²) in [6, 6.07) is 10.0. The van der Waals surface area contributed by atoms with E-state index in [0.29, 0.717) is 12.2 Å². The molecule has 6 nitrogen and oxygen atoms in total. The second-order valence-corrected chi connectivity index (χ2v) is 5.39. The van der Waals surface area contributed by atoms with Crippen LogP contribution in [0.25, 0.3) is 6.08 Å². The van der Waals surface area contributed by atoms with E-state index in [1.807, 2.05) is 36.4 Å². The summed E-state index contributed by atoms with van der Waals surface area (Å²) in [6.45, 7) is 16.1. The van der Waals surface area contributed by atoms with E-state index >= 15 is 0 Å². The van der Waals surface area contributed by atoms with Crippen molar-refractivity contribution in [3.05, 3.63) is 66.8 Å². The quantitative estimate of drug-likeness (QED) is 0.232. The molecule has 0 bridgehead atoms. The summed E-state index contributed by atoms with van der Waals surface area (Å²) in [5, 5.41) is 8.18. The number of esters is 2. The minimum Gasteiger partial charge on any atom is -0.477 e. The van der Waals surface area contributed by atoms with Gasteiger partial charge in [0, 0.05) is 5.57 Å². The maximum atomic E-state index is 10.7. The predicted molar refractivity (Wildman–Crippen MR) is 111 cm³/mol. The highest BCUT2D eigenvalue weighted by Gasteiger charge is 2.14. The van der Waals surface area contributed by atoms with Crippen molar-refractivity contribution in [1.29, 1.82) is 0 Å². The van der Waals surface area contributed by atoms with Crippen LogP contribution in [-0.2, 0) is 23.9 Å². The maximum Gasteiger partial charge on any atom is 0.344 e. The van der Waals surface area contributed by atoms with E-state index in [1.54, 1.807) is 13.8 Å². The number of unbranched alkanes of at least 4 members (excludes halogenated alkanes) is 1. The summed E-state index contributed by atoms with van der Waals surface area (Å²) in [7, 11) is 0. The van der Waals surface area contributed by atoms with Gasteiger partial charge in [0.1, 0.15) is 5.57 Å². The van der Waals surface area contributed by atoms with E-state index in [0.717, 1.165) is 12.8 Å². The molecule has 0 saturated carbocycles. The normalized spacial score (nSPS) is 8.68. The van der Waals surface area contributed by atoms with Gasteiger partial charge in [0.25, 0.3) is 0 Å². The van der Waals surface area contributed by atoms with Gasteiger partial charge < -0.3 is 14.6 Å². The third-order valence-electron chi connectivity index (χ3n) is 2.89. The van der Waals surface area contributed by atoms with Crippen LogP contribution in [0.15, 0.2) is 61.2 Å². The smallest absolute Gasteiger partial charge is 0.344 e. The fourth-order valence-corrected chi connectivity index (χ4v) is 1.33. The Morgan fingerprint density at radius 2 is 1.61 bits per heavy atom. The molecule has 6 heteroatoms. The van der Waals surface area contributed by atoms with Gasteiger partial charge in [-0.25, -0.2) is 14.4 Å². The molecule has 0 saturated heterocycles. The van der Waals surface area contributed by atoms with E-state index in [1.165, 1.54) is 5.56 Å². The first-order valence-electron chi connectivity index (χ1n) is 8.80. The lowest BCUT2D eigenvalue weighted by molar-refractivity contribution is -0.144. The summed E-state index contributed by atoms with van der Waals surface area (Å²) in [5.41, 5.74) is 1.10. The molecule has 28 heavy (non-hydrogen) atoms. The molecule has 0 radical (unpaired) electrons. The molecule has 0 unspecified atom stereocenters. The predicted octanol–water partition coefficient (Wildman–Crippen LogP) is 4.43. The maximum absolute atomic E-state index is 10.7. The van der Waals surface area contributed by atoms with Crippen LogP contribution < -0.4 is 0 Å². The van der Waals surface area contributed by atoms with Crippen LogP contribution in [0.1, 0.15) is 39.2 Å². The number of benzene rings is 1. The van der Waals surface area contributed by atoms with Gasteiger partial charge in [-0.1, -0.05) is 69.5 Å². The minimum absolute atomic E-state index is 0.158. The zero-order valence-corrected chi connectivity index (χ0v) is 16.9. The molecule has 0 aliphatic carbocycles. The molecule has 1 aromatic carbocycles. The Hall–Kier alpha value is -3.15. The molecule has 0 aliphatic rings. The van der Waals surface area contributed by atoms with Crippen LogP contribution in [0.4, 0.5) is 0 Å². The van der Waals surface area contributed by atoms with Crippen LogP contribution in [0, 0.1) is 0 Å². The van der Waals surface area contributed by atoms with Gasteiger partial charge in [-0.3, -0.25) is 0 Å². The molecule has 0 heterocycles. The number of carboxylic acids is 1. The second kappa shape index (κ2) is 17.3. The van der Waals surface area contributed by atoms with E-state index in [4.69, 9.17) is 9.84 Å². The second-order valence-electron chi connectivity index (χ2n) is 5.39. The molecule has 0 aliphatic heterocycles. The van der Waals surface area contributed by atoms with E-state index in [-0.39, 0.29) is 12.6 Å². The molecule has 0 amide bonds. The van der Waals surface area contributed by atoms with Crippen molar-refractivity contribution < 1.29 is 29.0 Å². The van der Waals surface area contributed by atoms with Crippen molar-refractivity contribution in [3.63, 3.8) is 0 Å². The summed E-state index contributed by atoms with van der Waals surface area (Å²) in [4.78, 5) is 31.2. The molecular weight excluding hydrogens is 360 g/mol. The van der Waals surface area contributed by atoms with Crippen LogP contribution in [0.3, 0.4) is 0 Å². The van der Waals surface area contributed by atoms with Gasteiger partial charge in [-0.2, -0.15) is 0 Å². The summed E-state index contributed by atoms with van der Waals surface area (Å²) in [6.07, 6.45) is 3.81. The SMILES string of the molecule is C=C(C(=O)O)C(=O)OCC.C=C(C)C(=O)OCCCC.C=Cc1ccccc1. The van der Waals surface area contributed by atoms with Crippen molar-refractivity contribution in [3.8, 4) is 0 Å².